The first kappa shape index (κ1) is 18.8. The molecule has 0 saturated heterocycles. The average Bonchev–Trinajstić information content (AvgIpc) is 2.74. The number of rotatable bonds is 6. The van der Waals surface area contributed by atoms with Gasteiger partial charge in [0, 0.05) is 16.3 Å². The second-order valence-electron chi connectivity index (χ2n) is 6.39. The summed E-state index contributed by atoms with van der Waals surface area (Å²) in [5.74, 6) is 2.91. The Morgan fingerprint density at radius 2 is 1.21 bits per heavy atom. The first-order valence-corrected chi connectivity index (χ1v) is 9.57. The van der Waals surface area contributed by atoms with Gasteiger partial charge >= 0.3 is 0 Å². The highest BCUT2D eigenvalue weighted by molar-refractivity contribution is 7.80. The molecule has 0 amide bonds. The third kappa shape index (κ3) is 4.83. The van der Waals surface area contributed by atoms with E-state index in [0.29, 0.717) is 11.4 Å². The molecule has 0 bridgehead atoms. The molecule has 0 aliphatic carbocycles. The normalized spacial score (nSPS) is 10.4. The zero-order valence-electron chi connectivity index (χ0n) is 15.6. The fourth-order valence-corrected chi connectivity index (χ4v) is 2.96. The maximum atomic E-state index is 6.05. The van der Waals surface area contributed by atoms with Crippen LogP contribution in [0.1, 0.15) is 0 Å². The van der Waals surface area contributed by atoms with Crippen LogP contribution in [-0.4, -0.2) is 0 Å². The van der Waals surface area contributed by atoms with E-state index in [-0.39, 0.29) is 0 Å². The van der Waals surface area contributed by atoms with Crippen LogP contribution >= 0.6 is 12.6 Å². The highest BCUT2D eigenvalue weighted by atomic mass is 32.1. The Hall–Kier alpha value is -3.57. The van der Waals surface area contributed by atoms with Gasteiger partial charge in [0.2, 0.25) is 0 Å². The Morgan fingerprint density at radius 3 is 1.90 bits per heavy atom. The summed E-state index contributed by atoms with van der Waals surface area (Å²) in [7, 11) is 0. The van der Waals surface area contributed by atoms with Crippen LogP contribution in [0.25, 0.3) is 0 Å². The van der Waals surface area contributed by atoms with E-state index in [2.05, 4.69) is 17.9 Å². The Balaban J connectivity index is 1.48. The van der Waals surface area contributed by atoms with Crippen molar-refractivity contribution in [1.29, 1.82) is 0 Å². The largest absolute Gasteiger partial charge is 0.457 e. The fourth-order valence-electron chi connectivity index (χ4n) is 2.75. The van der Waals surface area contributed by atoms with Gasteiger partial charge in [-0.2, -0.15) is 0 Å². The smallest absolute Gasteiger partial charge is 0.150 e. The van der Waals surface area contributed by atoms with E-state index in [1.165, 1.54) is 0 Å². The summed E-state index contributed by atoms with van der Waals surface area (Å²) in [5, 5.41) is 3.39. The van der Waals surface area contributed by atoms with Gasteiger partial charge in [0.25, 0.3) is 0 Å². The highest BCUT2D eigenvalue weighted by Crippen LogP contribution is 2.34. The van der Waals surface area contributed by atoms with E-state index in [9.17, 15) is 0 Å². The predicted octanol–water partition coefficient (Wildman–Crippen LogP) is 6.89. The van der Waals surface area contributed by atoms with Crippen molar-refractivity contribution in [3.63, 3.8) is 0 Å². The van der Waals surface area contributed by atoms with Gasteiger partial charge < -0.3 is 20.5 Å². The zero-order valence-corrected chi connectivity index (χ0v) is 16.5. The third-order valence-corrected chi connectivity index (χ3v) is 4.59. The number of hydrogen-bond acceptors (Lipinski definition) is 5. The minimum atomic E-state index is 0.706. The van der Waals surface area contributed by atoms with Crippen molar-refractivity contribution in [2.24, 2.45) is 0 Å². The molecule has 0 fully saturated rings. The number of ether oxygens (including phenoxy) is 2. The van der Waals surface area contributed by atoms with E-state index >= 15 is 0 Å². The molecule has 0 aliphatic heterocycles. The second kappa shape index (κ2) is 8.63. The summed E-state index contributed by atoms with van der Waals surface area (Å²) in [6.07, 6.45) is 0. The molecular weight excluding hydrogens is 380 g/mol. The van der Waals surface area contributed by atoms with E-state index in [1.54, 1.807) is 0 Å². The van der Waals surface area contributed by atoms with Crippen LogP contribution in [0.15, 0.2) is 102 Å². The van der Waals surface area contributed by atoms with Gasteiger partial charge in [-0.3, -0.25) is 0 Å². The minimum absolute atomic E-state index is 0.706. The number of hydrogen-bond donors (Lipinski definition) is 3. The van der Waals surface area contributed by atoms with Crippen LogP contribution in [0.3, 0.4) is 0 Å². The Kier molecular flexibility index (Phi) is 5.59. The summed E-state index contributed by atoms with van der Waals surface area (Å²) >= 11 is 4.45. The van der Waals surface area contributed by atoms with Gasteiger partial charge in [0.05, 0.1) is 5.69 Å². The number of benzene rings is 4. The minimum Gasteiger partial charge on any atom is -0.457 e. The van der Waals surface area contributed by atoms with Crippen LogP contribution in [0.5, 0.6) is 23.0 Å². The summed E-state index contributed by atoms with van der Waals surface area (Å²) in [6.45, 7) is 0. The molecule has 0 unspecified atom stereocenters. The lowest BCUT2D eigenvalue weighted by molar-refractivity contribution is 0.473. The summed E-state index contributed by atoms with van der Waals surface area (Å²) in [6, 6.07) is 30.4. The monoisotopic (exact) mass is 400 g/mol. The molecule has 4 rings (SSSR count). The molecule has 0 radical (unpaired) electrons. The predicted molar refractivity (Wildman–Crippen MR) is 121 cm³/mol. The van der Waals surface area contributed by atoms with E-state index in [0.717, 1.165) is 33.5 Å². The maximum absolute atomic E-state index is 6.05. The van der Waals surface area contributed by atoms with Crippen molar-refractivity contribution in [1.82, 2.24) is 0 Å². The molecule has 29 heavy (non-hydrogen) atoms. The Labute approximate surface area is 175 Å². The zero-order chi connectivity index (χ0) is 20.1. The molecule has 0 aromatic heterocycles. The second-order valence-corrected chi connectivity index (χ2v) is 6.87. The van der Waals surface area contributed by atoms with Gasteiger partial charge in [-0.25, -0.2) is 0 Å². The molecule has 0 atom stereocenters. The van der Waals surface area contributed by atoms with E-state index in [4.69, 9.17) is 15.2 Å². The highest BCUT2D eigenvalue weighted by Gasteiger charge is 2.07. The van der Waals surface area contributed by atoms with Crippen molar-refractivity contribution < 1.29 is 9.47 Å². The lowest BCUT2D eigenvalue weighted by Gasteiger charge is -2.14. The molecule has 0 aliphatic rings. The summed E-state index contributed by atoms with van der Waals surface area (Å²) in [5.41, 5.74) is 8.19. The molecule has 0 saturated carbocycles. The maximum Gasteiger partial charge on any atom is 0.150 e. The number of nitrogens with one attached hydrogen (secondary N) is 1. The van der Waals surface area contributed by atoms with Crippen molar-refractivity contribution in [3.05, 3.63) is 97.1 Å². The van der Waals surface area contributed by atoms with Gasteiger partial charge in [-0.1, -0.05) is 24.3 Å². The molecule has 0 spiro atoms. The summed E-state index contributed by atoms with van der Waals surface area (Å²) in [4.78, 5) is 0.784. The van der Waals surface area contributed by atoms with Gasteiger partial charge in [-0.15, -0.1) is 12.6 Å². The van der Waals surface area contributed by atoms with Crippen molar-refractivity contribution >= 4 is 29.7 Å². The first-order chi connectivity index (χ1) is 14.2. The van der Waals surface area contributed by atoms with Crippen molar-refractivity contribution in [2.75, 3.05) is 11.1 Å². The van der Waals surface area contributed by atoms with Crippen LogP contribution in [0.4, 0.5) is 17.1 Å². The SMILES string of the molecule is Nc1ccc(Oc2ccc(Nc3ccccc3Oc3ccccc3S)cc2)cc1. The quantitative estimate of drug-likeness (QED) is 0.244. The lowest BCUT2D eigenvalue weighted by atomic mass is 10.2. The molecule has 5 heteroatoms. The van der Waals surface area contributed by atoms with Crippen molar-refractivity contribution in [2.45, 2.75) is 4.90 Å². The number of nitrogens with two attached hydrogens (primary N) is 1. The number of thiol groups is 1. The van der Waals surface area contributed by atoms with Crippen LogP contribution in [0, 0.1) is 0 Å². The molecule has 4 aromatic carbocycles. The standard InChI is InChI=1S/C24H20N2O2S/c25-17-9-13-19(14-10-17)27-20-15-11-18(12-16-20)26-21-5-1-2-6-22(21)28-23-7-3-4-8-24(23)29/h1-16,26,29H,25H2. The Bertz CT molecular complexity index is 1100. The Morgan fingerprint density at radius 1 is 0.621 bits per heavy atom. The van der Waals surface area contributed by atoms with Crippen LogP contribution < -0.4 is 20.5 Å². The molecule has 144 valence electrons. The van der Waals surface area contributed by atoms with E-state index < -0.39 is 0 Å². The van der Waals surface area contributed by atoms with Crippen LogP contribution in [0.2, 0.25) is 0 Å². The van der Waals surface area contributed by atoms with Gasteiger partial charge in [-0.05, 0) is 72.8 Å². The molecular formula is C24H20N2O2S. The van der Waals surface area contributed by atoms with Gasteiger partial charge in [0.15, 0.2) is 5.75 Å². The molecule has 3 N–H and O–H groups in total. The van der Waals surface area contributed by atoms with Gasteiger partial charge in [0.1, 0.15) is 17.2 Å². The molecule has 4 aromatic rings. The topological polar surface area (TPSA) is 56.5 Å². The van der Waals surface area contributed by atoms with Crippen LogP contribution in [-0.2, 0) is 0 Å². The number of para-hydroxylation sites is 3. The summed E-state index contributed by atoms with van der Waals surface area (Å²) < 4.78 is 11.9. The van der Waals surface area contributed by atoms with E-state index in [1.807, 2.05) is 97.1 Å². The third-order valence-electron chi connectivity index (χ3n) is 4.22. The molecule has 0 heterocycles. The fraction of sp³-hybridized carbons (Fsp3) is 0. The average molecular weight is 401 g/mol. The number of nitrogen functional groups attached to an aromatic ring is 1. The number of anilines is 3. The lowest BCUT2D eigenvalue weighted by Crippen LogP contribution is -1.95. The van der Waals surface area contributed by atoms with Crippen molar-refractivity contribution in [3.8, 4) is 23.0 Å². The molecule has 4 nitrogen and oxygen atoms in total. The first-order valence-electron chi connectivity index (χ1n) is 9.13.